The molecule has 12 nitrogen and oxygen atoms in total. The molecule has 0 fully saturated rings. The molecule has 0 saturated carbocycles. The first-order valence-corrected chi connectivity index (χ1v) is 13.4. The largest absolute Gasteiger partial charge is 0.744 e. The number of ether oxygens (including phenoxy) is 3. The van der Waals surface area contributed by atoms with Crippen molar-refractivity contribution in [1.82, 2.24) is 5.32 Å². The minimum Gasteiger partial charge on any atom is -0.744 e. The first-order chi connectivity index (χ1) is 18.1. The maximum Gasteiger partial charge on any atom is 0.336 e. The second kappa shape index (κ2) is 17.4. The number of rotatable bonds is 9. The number of nitrogens with one attached hydrogen (secondary N) is 1. The maximum atomic E-state index is 12.9. The van der Waals surface area contributed by atoms with Crippen molar-refractivity contribution in [3.63, 3.8) is 0 Å². The summed E-state index contributed by atoms with van der Waals surface area (Å²) >= 11 is 6.43. The molecule has 40 heavy (non-hydrogen) atoms. The van der Waals surface area contributed by atoms with E-state index in [4.69, 9.17) is 25.8 Å². The number of benzene rings is 2. The second-order valence-corrected chi connectivity index (χ2v) is 9.68. The predicted octanol–water partition coefficient (Wildman–Crippen LogP) is 0.491. The number of methoxy groups -OCH3 is 1. The summed E-state index contributed by atoms with van der Waals surface area (Å²) in [7, 11) is -2.95. The van der Waals surface area contributed by atoms with Crippen molar-refractivity contribution >= 4 is 33.7 Å². The third-order valence-electron chi connectivity index (χ3n) is 5.33. The molecule has 1 aliphatic heterocycles. The van der Waals surface area contributed by atoms with E-state index in [9.17, 15) is 22.6 Å². The molecular formula is C26H35ClN2O10S. The number of hydrogen-bond donors (Lipinski definition) is 2. The molecule has 0 unspecified atom stereocenters. The van der Waals surface area contributed by atoms with Gasteiger partial charge in [-0.05, 0) is 37.6 Å². The van der Waals surface area contributed by atoms with E-state index < -0.39 is 28.0 Å². The van der Waals surface area contributed by atoms with Crippen LogP contribution in [0.25, 0.3) is 0 Å². The van der Waals surface area contributed by atoms with Crippen LogP contribution in [0.3, 0.4) is 0 Å². The fourth-order valence-electron chi connectivity index (χ4n) is 3.72. The summed E-state index contributed by atoms with van der Waals surface area (Å²) in [4.78, 5) is 25.3. The molecule has 1 aliphatic rings. The standard InChI is InChI=1S/C20H25ClN2O5.C6H6O3S.2H2O/c1-4-28-20(25)18-15(11-27-10-9-22)23-12(2)16(19(24)26-3)17(18)13-7-5-6-8-14(13)21;7-10(8,9)6-4-2-1-3-5-6;;/h5-8,17,23H,4,9-11,22H2,1-3H3;1-5H,(H,7,8,9);2*1H2/t17-;;;/m1.../s1. The predicted molar refractivity (Wildman–Crippen MR) is 146 cm³/mol. The maximum absolute atomic E-state index is 12.9. The van der Waals surface area contributed by atoms with Crippen LogP contribution >= 0.6 is 11.6 Å². The van der Waals surface area contributed by atoms with E-state index in [0.717, 1.165) is 0 Å². The van der Waals surface area contributed by atoms with Crippen molar-refractivity contribution in [2.45, 2.75) is 24.7 Å². The van der Waals surface area contributed by atoms with Gasteiger partial charge in [-0.15, -0.1) is 0 Å². The number of carbonyl (C=O) groups is 2. The average molecular weight is 603 g/mol. The lowest BCUT2D eigenvalue weighted by atomic mass is 9.80. The lowest BCUT2D eigenvalue weighted by Crippen LogP contribution is -2.52. The summed E-state index contributed by atoms with van der Waals surface area (Å²) in [6.45, 7) is 4.85. The van der Waals surface area contributed by atoms with Crippen LogP contribution in [0.1, 0.15) is 25.3 Å². The Balaban J connectivity index is 0.00000107. The fourth-order valence-corrected chi connectivity index (χ4v) is 4.46. The molecule has 0 radical (unpaired) electrons. The van der Waals surface area contributed by atoms with Crippen LogP contribution in [0.4, 0.5) is 0 Å². The van der Waals surface area contributed by atoms with Gasteiger partial charge in [-0.3, -0.25) is 0 Å². The van der Waals surface area contributed by atoms with Gasteiger partial charge in [0.05, 0.1) is 61.1 Å². The molecule has 0 spiro atoms. The molecule has 2 aromatic rings. The summed E-state index contributed by atoms with van der Waals surface area (Å²) < 4.78 is 46.7. The average Bonchev–Trinajstić information content (AvgIpc) is 2.89. The van der Waals surface area contributed by atoms with Crippen molar-refractivity contribution in [3.05, 3.63) is 87.7 Å². The Kier molecular flexibility index (Phi) is 16.0. The minimum absolute atomic E-state index is 0. The van der Waals surface area contributed by atoms with Crippen LogP contribution in [-0.2, 0) is 33.9 Å². The highest BCUT2D eigenvalue weighted by Crippen LogP contribution is 2.41. The summed E-state index contributed by atoms with van der Waals surface area (Å²) in [5.74, 6) is -1.82. The van der Waals surface area contributed by atoms with Crippen LogP contribution in [0.15, 0.2) is 82.0 Å². The number of halogens is 1. The highest BCUT2D eigenvalue weighted by Gasteiger charge is 2.39. The molecule has 1 atom stereocenters. The third kappa shape index (κ3) is 9.71. The molecule has 2 aromatic carbocycles. The molecule has 0 saturated heterocycles. The number of dihydropyridines is 1. The van der Waals surface area contributed by atoms with Crippen LogP contribution in [-0.4, -0.2) is 69.3 Å². The van der Waals surface area contributed by atoms with E-state index in [2.05, 4.69) is 11.1 Å². The monoisotopic (exact) mass is 602 g/mol. The molecule has 0 aliphatic carbocycles. The summed E-state index contributed by atoms with van der Waals surface area (Å²) in [6, 6.07) is 14.3. The van der Waals surface area contributed by atoms with Gasteiger partial charge in [0.25, 0.3) is 0 Å². The van der Waals surface area contributed by atoms with Gasteiger partial charge >= 0.3 is 11.9 Å². The number of esters is 2. The van der Waals surface area contributed by atoms with Gasteiger partial charge in [0.2, 0.25) is 0 Å². The van der Waals surface area contributed by atoms with Crippen LogP contribution in [0, 0.1) is 0 Å². The lowest BCUT2D eigenvalue weighted by Gasteiger charge is -2.31. The Morgan fingerprint density at radius 1 is 1.02 bits per heavy atom. The van der Waals surface area contributed by atoms with Crippen molar-refractivity contribution in [1.29, 1.82) is 0 Å². The van der Waals surface area contributed by atoms with E-state index in [1.54, 1.807) is 44.2 Å². The summed E-state index contributed by atoms with van der Waals surface area (Å²) in [6.07, 6.45) is 0. The Morgan fingerprint density at radius 2 is 1.62 bits per heavy atom. The topological polar surface area (TPSA) is 222 Å². The zero-order chi connectivity index (χ0) is 28.3. The van der Waals surface area contributed by atoms with Crippen molar-refractivity contribution in [2.24, 2.45) is 0 Å². The molecule has 3 rings (SSSR count). The molecule has 0 amide bonds. The number of hydrogen-bond acceptors (Lipinski definition) is 9. The van der Waals surface area contributed by atoms with E-state index in [1.807, 2.05) is 0 Å². The molecule has 14 heteroatoms. The smallest absolute Gasteiger partial charge is 0.336 e. The van der Waals surface area contributed by atoms with Gasteiger partial charge in [-0.25, -0.2) is 18.0 Å². The molecular weight excluding hydrogens is 568 g/mol. The molecule has 222 valence electrons. The van der Waals surface area contributed by atoms with Gasteiger partial charge in [-0.1, -0.05) is 48.0 Å². The van der Waals surface area contributed by atoms with E-state index in [1.165, 1.54) is 31.4 Å². The first kappa shape index (κ1) is 36.7. The van der Waals surface area contributed by atoms with E-state index >= 15 is 0 Å². The van der Waals surface area contributed by atoms with E-state index in [0.29, 0.717) is 40.7 Å². The van der Waals surface area contributed by atoms with Gasteiger partial charge < -0.3 is 40.8 Å². The zero-order valence-corrected chi connectivity index (χ0v) is 23.9. The summed E-state index contributed by atoms with van der Waals surface area (Å²) in [5.41, 5.74) is 6.05. The van der Waals surface area contributed by atoms with Gasteiger partial charge in [-0.2, -0.15) is 0 Å². The quantitative estimate of drug-likeness (QED) is 0.231. The molecule has 0 bridgehead atoms. The van der Waals surface area contributed by atoms with E-state index in [-0.39, 0.29) is 34.6 Å². The Hall–Kier alpha value is -3.30. The van der Waals surface area contributed by atoms with Gasteiger partial charge in [0.1, 0.15) is 10.1 Å². The first-order valence-electron chi connectivity index (χ1n) is 11.6. The van der Waals surface area contributed by atoms with Crippen LogP contribution in [0.5, 0.6) is 0 Å². The van der Waals surface area contributed by atoms with Crippen molar-refractivity contribution in [2.75, 3.05) is 33.5 Å². The van der Waals surface area contributed by atoms with Gasteiger partial charge in [0.15, 0.2) is 0 Å². The fraction of sp³-hybridized carbons (Fsp3) is 0.308. The third-order valence-corrected chi connectivity index (χ3v) is 6.52. The van der Waals surface area contributed by atoms with Crippen LogP contribution in [0.2, 0.25) is 5.02 Å². The van der Waals surface area contributed by atoms with Gasteiger partial charge in [0, 0.05) is 10.7 Å². The summed E-state index contributed by atoms with van der Waals surface area (Å²) in [5, 5.41) is 3.55. The SMILES string of the molecule is CCOC(=O)C1=C(COCC[NH3+])NC(C)=C(C(=O)OC)[C@H]1c1ccccc1Cl.O.O.O=S(=O)([O-])c1ccccc1. The van der Waals surface area contributed by atoms with Crippen LogP contribution < -0.4 is 11.1 Å². The Morgan fingerprint density at radius 3 is 2.12 bits per heavy atom. The second-order valence-electron chi connectivity index (χ2n) is 7.90. The molecule has 8 N–H and O–H groups in total. The molecule has 0 aromatic heterocycles. The van der Waals surface area contributed by atoms with Crippen molar-refractivity contribution < 1.29 is 53.5 Å². The molecule has 1 heterocycles. The van der Waals surface area contributed by atoms with Crippen molar-refractivity contribution in [3.8, 4) is 0 Å². The Bertz CT molecular complexity index is 1300. The normalized spacial score (nSPS) is 14.5. The highest BCUT2D eigenvalue weighted by atomic mass is 35.5. The minimum atomic E-state index is -4.25. The number of quaternary nitrogens is 1. The zero-order valence-electron chi connectivity index (χ0n) is 22.4. The Labute approximate surface area is 238 Å². The number of allylic oxidation sites excluding steroid dienone is 1. The number of carbonyl (C=O) groups excluding carboxylic acids is 2. The highest BCUT2D eigenvalue weighted by molar-refractivity contribution is 7.85. The lowest BCUT2D eigenvalue weighted by molar-refractivity contribution is -0.373.